The lowest BCUT2D eigenvalue weighted by molar-refractivity contribution is -0.00499. The van der Waals surface area contributed by atoms with Crippen molar-refractivity contribution < 1.29 is 14.6 Å². The Bertz CT molecular complexity index is 549. The lowest BCUT2D eigenvalue weighted by atomic mass is 10.0. The van der Waals surface area contributed by atoms with Crippen molar-refractivity contribution in [2.45, 2.75) is 44.9 Å². The van der Waals surface area contributed by atoms with Gasteiger partial charge < -0.3 is 20.1 Å². The van der Waals surface area contributed by atoms with Gasteiger partial charge in [-0.15, -0.1) is 0 Å². The van der Waals surface area contributed by atoms with Gasteiger partial charge in [0, 0.05) is 6.54 Å². The molecule has 0 bridgehead atoms. The predicted octanol–water partition coefficient (Wildman–Crippen LogP) is 2.57. The van der Waals surface area contributed by atoms with Gasteiger partial charge in [-0.05, 0) is 37.2 Å². The summed E-state index contributed by atoms with van der Waals surface area (Å²) in [5, 5.41) is 12.9. The Morgan fingerprint density at radius 2 is 2.12 bits per heavy atom. The van der Waals surface area contributed by atoms with E-state index < -0.39 is 6.10 Å². The van der Waals surface area contributed by atoms with Crippen molar-refractivity contribution in [1.82, 2.24) is 10.2 Å². The van der Waals surface area contributed by atoms with Crippen LogP contribution in [0.15, 0.2) is 30.3 Å². The number of carbonyl (C=O) groups excluding carboxylic acids is 1. The number of aliphatic hydroxyl groups is 1. The fourth-order valence-electron chi connectivity index (χ4n) is 3.64. The molecule has 1 saturated carbocycles. The number of benzene rings is 1. The van der Waals surface area contributed by atoms with Crippen LogP contribution in [-0.2, 0) is 4.74 Å². The monoisotopic (exact) mass is 332 g/mol. The molecular weight excluding hydrogens is 304 g/mol. The first kappa shape index (κ1) is 17.2. The number of rotatable bonds is 5. The van der Waals surface area contributed by atoms with E-state index in [9.17, 15) is 9.90 Å². The molecule has 1 heterocycles. The Morgan fingerprint density at radius 3 is 2.75 bits per heavy atom. The molecule has 24 heavy (non-hydrogen) atoms. The fourth-order valence-corrected chi connectivity index (χ4v) is 3.64. The number of ether oxygens (including phenoxy) is 1. The maximum atomic E-state index is 12.9. The third-order valence-corrected chi connectivity index (χ3v) is 5.14. The number of nitrogens with zero attached hydrogens (tertiary/aromatic N) is 1. The number of hydrogen-bond donors (Lipinski definition) is 2. The van der Waals surface area contributed by atoms with Gasteiger partial charge in [-0.25, -0.2) is 4.79 Å². The smallest absolute Gasteiger partial charge is 0.318 e. The molecule has 1 aromatic rings. The normalized spacial score (nSPS) is 29.0. The second-order valence-corrected chi connectivity index (χ2v) is 7.22. The quantitative estimate of drug-likeness (QED) is 0.871. The average molecular weight is 332 g/mol. The molecule has 5 nitrogen and oxygen atoms in total. The molecule has 1 saturated heterocycles. The molecule has 2 aliphatic rings. The molecule has 1 aromatic carbocycles. The van der Waals surface area contributed by atoms with Crippen LogP contribution < -0.4 is 5.32 Å². The number of hydrogen-bond acceptors (Lipinski definition) is 3. The number of nitrogens with one attached hydrogen (secondary N) is 1. The highest BCUT2D eigenvalue weighted by molar-refractivity contribution is 5.75. The zero-order valence-corrected chi connectivity index (χ0v) is 14.5. The van der Waals surface area contributed by atoms with E-state index in [1.54, 1.807) is 6.92 Å². The van der Waals surface area contributed by atoms with Gasteiger partial charge in [-0.1, -0.05) is 37.3 Å². The van der Waals surface area contributed by atoms with Crippen LogP contribution in [-0.4, -0.2) is 47.9 Å². The van der Waals surface area contributed by atoms with Crippen LogP contribution in [0.3, 0.4) is 0 Å². The standard InChI is InChI=1S/C19H28N2O3/c1-13-10-17(13)18(15-6-4-3-5-7-15)20-19(23)21-8-9-24-12-16(21)11-14(2)22/h3-7,13-14,16-18,22H,8-12H2,1-2H3,(H,20,23)/t13-,14+,16-,17-,18-/m1/s1. The Balaban J connectivity index is 1.70. The summed E-state index contributed by atoms with van der Waals surface area (Å²) in [5.41, 5.74) is 1.17. The highest BCUT2D eigenvalue weighted by Gasteiger charge is 2.42. The molecule has 0 radical (unpaired) electrons. The van der Waals surface area contributed by atoms with E-state index in [-0.39, 0.29) is 18.1 Å². The average Bonchev–Trinajstić information content (AvgIpc) is 3.29. The van der Waals surface area contributed by atoms with Crippen molar-refractivity contribution in [3.8, 4) is 0 Å². The summed E-state index contributed by atoms with van der Waals surface area (Å²) in [6, 6.07) is 10.2. The lowest BCUT2D eigenvalue weighted by Gasteiger charge is -2.37. The zero-order chi connectivity index (χ0) is 17.1. The molecule has 3 rings (SSSR count). The highest BCUT2D eigenvalue weighted by atomic mass is 16.5. The van der Waals surface area contributed by atoms with E-state index in [1.165, 1.54) is 5.56 Å². The molecule has 132 valence electrons. The zero-order valence-electron chi connectivity index (χ0n) is 14.5. The second kappa shape index (κ2) is 7.53. The summed E-state index contributed by atoms with van der Waals surface area (Å²) in [6.45, 7) is 5.61. The number of aliphatic hydroxyl groups excluding tert-OH is 1. The first-order valence-corrected chi connectivity index (χ1v) is 8.94. The highest BCUT2D eigenvalue weighted by Crippen LogP contribution is 2.47. The van der Waals surface area contributed by atoms with E-state index in [4.69, 9.17) is 4.74 Å². The van der Waals surface area contributed by atoms with Crippen molar-refractivity contribution in [3.05, 3.63) is 35.9 Å². The molecular formula is C19H28N2O3. The van der Waals surface area contributed by atoms with Gasteiger partial charge in [0.2, 0.25) is 0 Å². The number of carbonyl (C=O) groups is 1. The Hall–Kier alpha value is -1.59. The predicted molar refractivity (Wildman–Crippen MR) is 92.6 cm³/mol. The summed E-state index contributed by atoms with van der Waals surface area (Å²) in [5.74, 6) is 1.15. The minimum atomic E-state index is -0.444. The van der Waals surface area contributed by atoms with Crippen LogP contribution in [0.1, 0.15) is 38.3 Å². The van der Waals surface area contributed by atoms with E-state index in [1.807, 2.05) is 23.1 Å². The first-order chi connectivity index (χ1) is 11.6. The molecule has 2 fully saturated rings. The van der Waals surface area contributed by atoms with Crippen LogP contribution in [0, 0.1) is 11.8 Å². The van der Waals surface area contributed by atoms with Gasteiger partial charge in [0.15, 0.2) is 0 Å². The Kier molecular flexibility index (Phi) is 5.41. The summed E-state index contributed by atoms with van der Waals surface area (Å²) < 4.78 is 5.50. The Labute approximate surface area is 144 Å². The molecule has 0 unspecified atom stereocenters. The van der Waals surface area contributed by atoms with E-state index in [0.29, 0.717) is 38.0 Å². The van der Waals surface area contributed by atoms with Gasteiger partial charge in [0.1, 0.15) is 0 Å². The minimum Gasteiger partial charge on any atom is -0.393 e. The van der Waals surface area contributed by atoms with Crippen molar-refractivity contribution >= 4 is 6.03 Å². The van der Waals surface area contributed by atoms with Crippen LogP contribution in [0.2, 0.25) is 0 Å². The molecule has 5 heteroatoms. The van der Waals surface area contributed by atoms with Gasteiger partial charge in [-0.3, -0.25) is 0 Å². The summed E-state index contributed by atoms with van der Waals surface area (Å²) in [6.07, 6.45) is 1.25. The van der Waals surface area contributed by atoms with Crippen LogP contribution in [0.4, 0.5) is 4.79 Å². The van der Waals surface area contributed by atoms with E-state index in [0.717, 1.165) is 6.42 Å². The number of morpholine rings is 1. The van der Waals surface area contributed by atoms with Gasteiger partial charge >= 0.3 is 6.03 Å². The third kappa shape index (κ3) is 4.08. The number of urea groups is 1. The van der Waals surface area contributed by atoms with Gasteiger partial charge in [-0.2, -0.15) is 0 Å². The maximum Gasteiger partial charge on any atom is 0.318 e. The van der Waals surface area contributed by atoms with Gasteiger partial charge in [0.25, 0.3) is 0 Å². The molecule has 1 aliphatic carbocycles. The first-order valence-electron chi connectivity index (χ1n) is 8.94. The number of amides is 2. The van der Waals surface area contributed by atoms with Crippen LogP contribution in [0.25, 0.3) is 0 Å². The van der Waals surface area contributed by atoms with Crippen LogP contribution >= 0.6 is 0 Å². The van der Waals surface area contributed by atoms with Crippen LogP contribution in [0.5, 0.6) is 0 Å². The molecule has 2 N–H and O–H groups in total. The fraction of sp³-hybridized carbons (Fsp3) is 0.632. The molecule has 0 aromatic heterocycles. The summed E-state index contributed by atoms with van der Waals surface area (Å²) in [7, 11) is 0. The second-order valence-electron chi connectivity index (χ2n) is 7.22. The Morgan fingerprint density at radius 1 is 1.42 bits per heavy atom. The van der Waals surface area contributed by atoms with E-state index in [2.05, 4.69) is 24.4 Å². The molecule has 5 atom stereocenters. The van der Waals surface area contributed by atoms with E-state index >= 15 is 0 Å². The SMILES string of the molecule is C[C@H](O)C[C@@H]1COCCN1C(=O)N[C@H](c1ccccc1)[C@@H]1C[C@H]1C. The topological polar surface area (TPSA) is 61.8 Å². The molecule has 2 amide bonds. The largest absolute Gasteiger partial charge is 0.393 e. The maximum absolute atomic E-state index is 12.9. The van der Waals surface area contributed by atoms with Crippen molar-refractivity contribution in [1.29, 1.82) is 0 Å². The van der Waals surface area contributed by atoms with Gasteiger partial charge in [0.05, 0.1) is 31.4 Å². The third-order valence-electron chi connectivity index (χ3n) is 5.14. The lowest BCUT2D eigenvalue weighted by Crippen LogP contribution is -2.54. The van der Waals surface area contributed by atoms with Crippen molar-refractivity contribution in [2.75, 3.05) is 19.8 Å². The summed E-state index contributed by atoms with van der Waals surface area (Å²) >= 11 is 0. The molecule has 1 aliphatic heterocycles. The van der Waals surface area contributed by atoms with Crippen molar-refractivity contribution in [2.24, 2.45) is 11.8 Å². The van der Waals surface area contributed by atoms with Crippen molar-refractivity contribution in [3.63, 3.8) is 0 Å². The summed E-state index contributed by atoms with van der Waals surface area (Å²) in [4.78, 5) is 14.7. The molecule has 0 spiro atoms. The minimum absolute atomic E-state index is 0.0445.